The van der Waals surface area contributed by atoms with Crippen molar-refractivity contribution in [3.8, 4) is 0 Å². The molecule has 0 saturated heterocycles. The second kappa shape index (κ2) is 8.13. The van der Waals surface area contributed by atoms with Gasteiger partial charge in [-0.15, -0.1) is 0 Å². The van der Waals surface area contributed by atoms with Crippen molar-refractivity contribution in [2.45, 2.75) is 19.3 Å². The molecule has 0 spiro atoms. The van der Waals surface area contributed by atoms with Crippen LogP contribution >= 0.6 is 0 Å². The number of hydrogen-bond acceptors (Lipinski definition) is 5. The molecule has 1 rings (SSSR count). The number of hydrogen-bond donors (Lipinski definition) is 0. The van der Waals surface area contributed by atoms with Crippen LogP contribution in [0.4, 0.5) is 0 Å². The molecule has 5 nitrogen and oxygen atoms in total. The summed E-state index contributed by atoms with van der Waals surface area (Å²) in [6.07, 6.45) is 10.1. The van der Waals surface area contributed by atoms with E-state index in [1.807, 2.05) is 0 Å². The summed E-state index contributed by atoms with van der Waals surface area (Å²) in [6, 6.07) is 0. The molecule has 19 heavy (non-hydrogen) atoms. The first-order valence-corrected chi connectivity index (χ1v) is 6.00. The van der Waals surface area contributed by atoms with Crippen molar-refractivity contribution in [1.29, 1.82) is 0 Å². The van der Waals surface area contributed by atoms with Crippen molar-refractivity contribution in [3.63, 3.8) is 0 Å². The molecule has 0 unspecified atom stereocenters. The van der Waals surface area contributed by atoms with Crippen LogP contribution in [0.25, 0.3) is 0 Å². The number of esters is 2. The predicted molar refractivity (Wildman–Crippen MR) is 69.1 cm³/mol. The van der Waals surface area contributed by atoms with E-state index >= 15 is 0 Å². The fourth-order valence-electron chi connectivity index (χ4n) is 1.58. The maximum absolute atomic E-state index is 11.3. The fraction of sp³-hybridized carbons (Fsp3) is 0.429. The molecular weight excluding hydrogens is 248 g/mol. The molecule has 1 aliphatic rings. The van der Waals surface area contributed by atoms with Crippen LogP contribution in [0.3, 0.4) is 0 Å². The van der Waals surface area contributed by atoms with E-state index in [1.165, 1.54) is 19.8 Å². The van der Waals surface area contributed by atoms with E-state index in [2.05, 4.69) is 27.7 Å². The Hall–Kier alpha value is -2.04. The van der Waals surface area contributed by atoms with E-state index in [-0.39, 0.29) is 5.57 Å². The van der Waals surface area contributed by atoms with Gasteiger partial charge in [0.2, 0.25) is 0 Å². The zero-order valence-electron chi connectivity index (χ0n) is 11.2. The summed E-state index contributed by atoms with van der Waals surface area (Å²) in [4.78, 5) is 22.6. The second-order valence-electron chi connectivity index (χ2n) is 3.91. The summed E-state index contributed by atoms with van der Waals surface area (Å²) in [5, 5.41) is 0. The van der Waals surface area contributed by atoms with Crippen molar-refractivity contribution in [1.82, 2.24) is 0 Å². The topological polar surface area (TPSA) is 61.8 Å². The van der Waals surface area contributed by atoms with E-state index in [1.54, 1.807) is 0 Å². The number of carbonyl (C=O) groups is 2. The number of carbonyl (C=O) groups excluding carboxylic acids is 2. The van der Waals surface area contributed by atoms with Crippen LogP contribution in [-0.2, 0) is 23.8 Å². The summed E-state index contributed by atoms with van der Waals surface area (Å²) >= 11 is 0. The summed E-state index contributed by atoms with van der Waals surface area (Å²) in [6.45, 7) is 0.400. The number of ether oxygens (including phenoxy) is 3. The highest BCUT2D eigenvalue weighted by atomic mass is 16.5. The molecule has 5 heteroatoms. The molecule has 0 aliphatic heterocycles. The minimum absolute atomic E-state index is 0.248. The Bertz CT molecular complexity index is 400. The van der Waals surface area contributed by atoms with Gasteiger partial charge in [-0.3, -0.25) is 0 Å². The van der Waals surface area contributed by atoms with E-state index in [0.29, 0.717) is 6.61 Å². The number of allylic oxidation sites excluding steroid dienone is 3. The van der Waals surface area contributed by atoms with Gasteiger partial charge in [-0.25, -0.2) is 9.59 Å². The van der Waals surface area contributed by atoms with Gasteiger partial charge in [0.25, 0.3) is 0 Å². The lowest BCUT2D eigenvalue weighted by Crippen LogP contribution is -2.16. The maximum atomic E-state index is 11.3. The third-order valence-electron chi connectivity index (χ3n) is 2.64. The quantitative estimate of drug-likeness (QED) is 0.140. The van der Waals surface area contributed by atoms with E-state index in [4.69, 9.17) is 4.74 Å². The summed E-state index contributed by atoms with van der Waals surface area (Å²) in [7, 11) is 2.39. The monoisotopic (exact) mass is 266 g/mol. The average molecular weight is 266 g/mol. The first kappa shape index (κ1) is 15.0. The first-order chi connectivity index (χ1) is 9.19. The van der Waals surface area contributed by atoms with Gasteiger partial charge in [0, 0.05) is 6.42 Å². The SMILES string of the molecule is COC(=O)C(=COCCC1=CCC=CC1)C(=O)OC. The Morgan fingerprint density at radius 2 is 1.89 bits per heavy atom. The number of rotatable bonds is 6. The molecular formula is C14H18O5. The van der Waals surface area contributed by atoms with Gasteiger partial charge in [0.05, 0.1) is 20.8 Å². The smallest absolute Gasteiger partial charge is 0.348 e. The zero-order chi connectivity index (χ0) is 14.1. The molecule has 0 atom stereocenters. The highest BCUT2D eigenvalue weighted by molar-refractivity contribution is 6.13. The Balaban J connectivity index is 2.45. The molecule has 0 N–H and O–H groups in total. The number of methoxy groups -OCH3 is 2. The maximum Gasteiger partial charge on any atom is 0.348 e. The van der Waals surface area contributed by atoms with Crippen molar-refractivity contribution in [2.75, 3.05) is 20.8 Å². The van der Waals surface area contributed by atoms with Gasteiger partial charge in [0.15, 0.2) is 5.57 Å². The van der Waals surface area contributed by atoms with Crippen LogP contribution < -0.4 is 0 Å². The van der Waals surface area contributed by atoms with Crippen LogP contribution in [0, 0.1) is 0 Å². The lowest BCUT2D eigenvalue weighted by Gasteiger charge is -2.08. The van der Waals surface area contributed by atoms with Gasteiger partial charge in [-0.2, -0.15) is 0 Å². The second-order valence-corrected chi connectivity index (χ2v) is 3.91. The average Bonchev–Trinajstić information content (AvgIpc) is 2.47. The lowest BCUT2D eigenvalue weighted by atomic mass is 10.0. The fourth-order valence-corrected chi connectivity index (χ4v) is 1.58. The normalized spacial score (nSPS) is 13.3. The minimum Gasteiger partial charge on any atom is -0.500 e. The van der Waals surface area contributed by atoms with E-state index in [0.717, 1.165) is 25.5 Å². The highest BCUT2D eigenvalue weighted by Gasteiger charge is 2.20. The standard InChI is InChI=1S/C14H18O5/c1-17-13(15)12(14(16)18-2)10-19-9-8-11-6-4-3-5-7-11/h3-4,7,10H,5-6,8-9H2,1-2H3. The summed E-state index contributed by atoms with van der Waals surface area (Å²) in [5.74, 6) is -1.54. The molecule has 0 aromatic heterocycles. The Kier molecular flexibility index (Phi) is 6.43. The molecule has 104 valence electrons. The van der Waals surface area contributed by atoms with Crippen molar-refractivity contribution >= 4 is 11.9 Å². The first-order valence-electron chi connectivity index (χ1n) is 6.00. The Morgan fingerprint density at radius 3 is 2.42 bits per heavy atom. The van der Waals surface area contributed by atoms with Gasteiger partial charge in [-0.05, 0) is 12.8 Å². The predicted octanol–water partition coefficient (Wildman–Crippen LogP) is 1.90. The third kappa shape index (κ3) is 4.99. The van der Waals surface area contributed by atoms with Gasteiger partial charge in [-0.1, -0.05) is 23.8 Å². The molecule has 0 aromatic rings. The lowest BCUT2D eigenvalue weighted by molar-refractivity contribution is -0.144. The van der Waals surface area contributed by atoms with E-state index < -0.39 is 11.9 Å². The van der Waals surface area contributed by atoms with Gasteiger partial charge >= 0.3 is 11.9 Å². The highest BCUT2D eigenvalue weighted by Crippen LogP contribution is 2.14. The molecule has 0 bridgehead atoms. The molecule has 0 heterocycles. The summed E-state index contributed by atoms with van der Waals surface area (Å²) in [5.41, 5.74) is 1.04. The molecule has 0 saturated carbocycles. The molecule has 0 aromatic carbocycles. The van der Waals surface area contributed by atoms with Gasteiger partial charge in [0.1, 0.15) is 6.26 Å². The van der Waals surface area contributed by atoms with Crippen LogP contribution in [0.5, 0.6) is 0 Å². The molecule has 0 radical (unpaired) electrons. The van der Waals surface area contributed by atoms with Crippen LogP contribution in [-0.4, -0.2) is 32.8 Å². The van der Waals surface area contributed by atoms with Crippen LogP contribution in [0.2, 0.25) is 0 Å². The van der Waals surface area contributed by atoms with E-state index in [9.17, 15) is 9.59 Å². The van der Waals surface area contributed by atoms with Crippen molar-refractivity contribution in [3.05, 3.63) is 35.6 Å². The van der Waals surface area contributed by atoms with Crippen LogP contribution in [0.1, 0.15) is 19.3 Å². The van der Waals surface area contributed by atoms with Gasteiger partial charge < -0.3 is 14.2 Å². The minimum atomic E-state index is -0.772. The Labute approximate surface area is 112 Å². The zero-order valence-corrected chi connectivity index (χ0v) is 11.2. The van der Waals surface area contributed by atoms with Crippen LogP contribution in [0.15, 0.2) is 35.6 Å². The summed E-state index contributed by atoms with van der Waals surface area (Å²) < 4.78 is 14.2. The molecule has 1 aliphatic carbocycles. The molecule has 0 amide bonds. The van der Waals surface area contributed by atoms with Crippen molar-refractivity contribution < 1.29 is 23.8 Å². The third-order valence-corrected chi connectivity index (χ3v) is 2.64. The van der Waals surface area contributed by atoms with Crippen molar-refractivity contribution in [2.24, 2.45) is 0 Å². The largest absolute Gasteiger partial charge is 0.500 e. The molecule has 0 fully saturated rings. The Morgan fingerprint density at radius 1 is 1.21 bits per heavy atom.